The molecule has 5 atom stereocenters. The van der Waals surface area contributed by atoms with Crippen molar-refractivity contribution in [1.29, 1.82) is 0 Å². The van der Waals surface area contributed by atoms with E-state index < -0.39 is 27.4 Å². The summed E-state index contributed by atoms with van der Waals surface area (Å²) in [6.45, 7) is 10.7. The summed E-state index contributed by atoms with van der Waals surface area (Å²) in [4.78, 5) is 49.0. The number of aliphatic hydroxyl groups excluding tert-OH is 1. The zero-order valence-electron chi connectivity index (χ0n) is 25.1. The molecule has 0 aromatic heterocycles. The van der Waals surface area contributed by atoms with Crippen LogP contribution in [-0.2, 0) is 14.4 Å². The maximum absolute atomic E-state index is 14.9. The average molecular weight is 610 g/mol. The van der Waals surface area contributed by atoms with Gasteiger partial charge in [-0.25, -0.2) is 0 Å². The molecular weight excluding hydrogens is 570 g/mol. The zero-order valence-corrected chi connectivity index (χ0v) is 25.9. The SMILES string of the molecule is C=CCN(C(=O)C1N(CCCO)C(=O)[C@@H]2[C@H](C(=O)N(CC=C)c3ccccc3)[C@]3(C)CCC12S3)c1ccc2ccccc2c1. The van der Waals surface area contributed by atoms with Gasteiger partial charge in [0.25, 0.3) is 5.91 Å². The third-order valence-electron chi connectivity index (χ3n) is 9.60. The Hall–Kier alpha value is -3.88. The van der Waals surface area contributed by atoms with E-state index in [0.717, 1.165) is 28.6 Å². The van der Waals surface area contributed by atoms with Crippen molar-refractivity contribution in [2.24, 2.45) is 11.8 Å². The summed E-state index contributed by atoms with van der Waals surface area (Å²) >= 11 is 1.66. The highest BCUT2D eigenvalue weighted by Gasteiger charge is 2.77. The van der Waals surface area contributed by atoms with Crippen LogP contribution in [0.25, 0.3) is 10.8 Å². The van der Waals surface area contributed by atoms with Crippen LogP contribution in [0.3, 0.4) is 0 Å². The molecule has 44 heavy (non-hydrogen) atoms. The second-order valence-electron chi connectivity index (χ2n) is 12.2. The predicted molar refractivity (Wildman–Crippen MR) is 178 cm³/mol. The van der Waals surface area contributed by atoms with E-state index >= 15 is 0 Å². The van der Waals surface area contributed by atoms with Crippen LogP contribution in [0.4, 0.5) is 11.4 Å². The van der Waals surface area contributed by atoms with Crippen molar-refractivity contribution in [2.75, 3.05) is 36.0 Å². The van der Waals surface area contributed by atoms with Crippen molar-refractivity contribution < 1.29 is 19.5 Å². The first-order valence-electron chi connectivity index (χ1n) is 15.3. The predicted octanol–water partition coefficient (Wildman–Crippen LogP) is 5.44. The van der Waals surface area contributed by atoms with Crippen LogP contribution in [0.15, 0.2) is 98.1 Å². The minimum atomic E-state index is -0.771. The van der Waals surface area contributed by atoms with Crippen molar-refractivity contribution in [3.05, 3.63) is 98.1 Å². The third kappa shape index (κ3) is 4.75. The van der Waals surface area contributed by atoms with Crippen LogP contribution in [0, 0.1) is 11.8 Å². The smallest absolute Gasteiger partial charge is 0.251 e. The molecule has 3 fully saturated rings. The Morgan fingerprint density at radius 3 is 2.27 bits per heavy atom. The monoisotopic (exact) mass is 609 g/mol. The fourth-order valence-electron chi connectivity index (χ4n) is 7.73. The zero-order chi connectivity index (χ0) is 31.1. The summed E-state index contributed by atoms with van der Waals surface area (Å²) in [5, 5.41) is 11.8. The van der Waals surface area contributed by atoms with Crippen LogP contribution in [0.2, 0.25) is 0 Å². The molecule has 0 aliphatic carbocycles. The molecule has 228 valence electrons. The molecule has 1 N–H and O–H groups in total. The van der Waals surface area contributed by atoms with E-state index in [2.05, 4.69) is 20.1 Å². The minimum Gasteiger partial charge on any atom is -0.396 e. The highest BCUT2D eigenvalue weighted by molar-refractivity contribution is 8.02. The Balaban J connectivity index is 1.42. The molecule has 3 aliphatic heterocycles. The lowest BCUT2D eigenvalue weighted by Gasteiger charge is -2.38. The number of hydrogen-bond acceptors (Lipinski definition) is 5. The normalized spacial score (nSPS) is 26.9. The molecule has 0 radical (unpaired) electrons. The summed E-state index contributed by atoms with van der Waals surface area (Å²) in [5.74, 6) is -1.71. The number of amides is 3. The van der Waals surface area contributed by atoms with E-state index in [1.165, 1.54) is 0 Å². The molecule has 3 amide bonds. The Morgan fingerprint density at radius 1 is 0.932 bits per heavy atom. The van der Waals surface area contributed by atoms with Gasteiger partial charge in [-0.15, -0.1) is 24.9 Å². The summed E-state index contributed by atoms with van der Waals surface area (Å²) in [6, 6.07) is 22.7. The summed E-state index contributed by atoms with van der Waals surface area (Å²) in [6.07, 6.45) is 5.15. The van der Waals surface area contributed by atoms with Crippen molar-refractivity contribution >= 4 is 51.6 Å². The molecule has 3 heterocycles. The molecular formula is C36H39N3O4S. The van der Waals surface area contributed by atoms with Gasteiger partial charge in [0.05, 0.1) is 16.6 Å². The first-order chi connectivity index (χ1) is 21.3. The number of para-hydroxylation sites is 1. The molecule has 3 saturated heterocycles. The number of fused-ring (bicyclic) bond motifs is 2. The molecule has 6 rings (SSSR count). The highest BCUT2D eigenvalue weighted by Crippen LogP contribution is 2.71. The molecule has 3 aromatic carbocycles. The number of aliphatic hydroxyl groups is 1. The van der Waals surface area contributed by atoms with Gasteiger partial charge in [-0.1, -0.05) is 60.7 Å². The number of hydrogen-bond donors (Lipinski definition) is 1. The van der Waals surface area contributed by atoms with Crippen LogP contribution in [0.1, 0.15) is 26.2 Å². The molecule has 3 aromatic rings. The fourth-order valence-corrected chi connectivity index (χ4v) is 10.1. The molecule has 2 unspecified atom stereocenters. The largest absolute Gasteiger partial charge is 0.396 e. The number of nitrogens with zero attached hydrogens (tertiary/aromatic N) is 3. The number of likely N-dealkylation sites (tertiary alicyclic amines) is 1. The molecule has 1 spiro atoms. The van der Waals surface area contributed by atoms with E-state index in [9.17, 15) is 19.5 Å². The van der Waals surface area contributed by atoms with E-state index in [1.54, 1.807) is 38.6 Å². The van der Waals surface area contributed by atoms with E-state index in [-0.39, 0.29) is 37.4 Å². The fraction of sp³-hybridized carbons (Fsp3) is 0.361. The Labute approximate surface area is 263 Å². The van der Waals surface area contributed by atoms with Gasteiger partial charge in [0.2, 0.25) is 11.8 Å². The number of benzene rings is 3. The Morgan fingerprint density at radius 2 is 1.59 bits per heavy atom. The number of carbonyl (C=O) groups is 3. The van der Waals surface area contributed by atoms with Crippen molar-refractivity contribution in [3.63, 3.8) is 0 Å². The number of carbonyl (C=O) groups excluding carboxylic acids is 3. The van der Waals surface area contributed by atoms with Crippen LogP contribution in [0.5, 0.6) is 0 Å². The van der Waals surface area contributed by atoms with E-state index in [1.807, 2.05) is 72.8 Å². The first kappa shape index (κ1) is 30.2. The van der Waals surface area contributed by atoms with Gasteiger partial charge in [-0.05, 0) is 61.2 Å². The summed E-state index contributed by atoms with van der Waals surface area (Å²) in [5.41, 5.74) is 1.49. The van der Waals surface area contributed by atoms with Gasteiger partial charge >= 0.3 is 0 Å². The van der Waals surface area contributed by atoms with Crippen molar-refractivity contribution in [2.45, 2.75) is 41.7 Å². The van der Waals surface area contributed by atoms with Crippen molar-refractivity contribution in [3.8, 4) is 0 Å². The molecule has 2 bridgehead atoms. The quantitative estimate of drug-likeness (QED) is 0.293. The maximum atomic E-state index is 14.9. The number of thioether (sulfide) groups is 1. The van der Waals surface area contributed by atoms with E-state index in [4.69, 9.17) is 0 Å². The topological polar surface area (TPSA) is 81.2 Å². The Kier molecular flexibility index (Phi) is 8.16. The second-order valence-corrected chi connectivity index (χ2v) is 14.1. The molecule has 3 aliphatic rings. The van der Waals surface area contributed by atoms with Crippen LogP contribution in [-0.4, -0.2) is 69.5 Å². The summed E-state index contributed by atoms with van der Waals surface area (Å²) < 4.78 is -1.26. The second kappa shape index (κ2) is 11.9. The van der Waals surface area contributed by atoms with Gasteiger partial charge in [0.1, 0.15) is 6.04 Å². The Bertz CT molecular complexity index is 1610. The van der Waals surface area contributed by atoms with Crippen LogP contribution < -0.4 is 9.80 Å². The number of rotatable bonds is 11. The average Bonchev–Trinajstić information content (AvgIpc) is 3.61. The van der Waals surface area contributed by atoms with Gasteiger partial charge < -0.3 is 19.8 Å². The molecule has 8 heteroatoms. The molecule has 0 saturated carbocycles. The lowest BCUT2D eigenvalue weighted by atomic mass is 9.66. The highest BCUT2D eigenvalue weighted by atomic mass is 32.2. The van der Waals surface area contributed by atoms with Crippen LogP contribution >= 0.6 is 11.8 Å². The standard InChI is InChI=1S/C36H39N3O4S/c1-4-20-37(27-14-7-6-8-15-27)32(41)29-30-33(42)39(22-11-23-40)31(36(30)19-18-35(29,3)44-36)34(43)38(21-5-2)28-17-16-25-12-9-10-13-26(25)24-28/h4-10,12-17,24,29-31,40H,1-2,11,18-23H2,3H3/t29-,30+,31?,35+,36?/m1/s1. The van der Waals surface area contributed by atoms with E-state index in [0.29, 0.717) is 19.4 Å². The van der Waals surface area contributed by atoms with Gasteiger partial charge in [-0.3, -0.25) is 14.4 Å². The van der Waals surface area contributed by atoms with Gasteiger partial charge in [-0.2, -0.15) is 0 Å². The lowest BCUT2D eigenvalue weighted by Crippen LogP contribution is -2.55. The van der Waals surface area contributed by atoms with Gasteiger partial charge in [0.15, 0.2) is 0 Å². The number of anilines is 2. The summed E-state index contributed by atoms with van der Waals surface area (Å²) in [7, 11) is 0. The minimum absolute atomic E-state index is 0.0995. The lowest BCUT2D eigenvalue weighted by molar-refractivity contribution is -0.139. The maximum Gasteiger partial charge on any atom is 0.251 e. The van der Waals surface area contributed by atoms with Crippen molar-refractivity contribution in [1.82, 2.24) is 4.90 Å². The first-order valence-corrected chi connectivity index (χ1v) is 16.1. The molecule has 7 nitrogen and oxygen atoms in total. The third-order valence-corrected chi connectivity index (χ3v) is 11.6. The van der Waals surface area contributed by atoms with Gasteiger partial charge in [0, 0.05) is 42.4 Å².